The van der Waals surface area contributed by atoms with E-state index >= 15 is 0 Å². The van der Waals surface area contributed by atoms with Crippen LogP contribution in [0.15, 0.2) is 12.4 Å². The molecule has 1 aromatic rings. The zero-order valence-corrected chi connectivity index (χ0v) is 7.24. The molecule has 0 aliphatic carbocycles. The maximum atomic E-state index is 5.39. The van der Waals surface area contributed by atoms with Gasteiger partial charge in [0.15, 0.2) is 0 Å². The number of hydrogen-bond donors (Lipinski definition) is 0. The Morgan fingerprint density at radius 3 is 2.82 bits per heavy atom. The molecule has 0 spiro atoms. The Balaban J connectivity index is 2.44. The average molecular weight is 154 g/mol. The van der Waals surface area contributed by atoms with Gasteiger partial charge in [0.1, 0.15) is 12.4 Å². The molecule has 0 unspecified atom stereocenters. The smallest absolute Gasteiger partial charge is 0.141 e. The predicted octanol–water partition coefficient (Wildman–Crippen LogP) is 1.28. The standard InChI is InChI=1S/C8H14N2O/c1-7(2)6-11-10-5-4-9-8(10)3/h4-5,7H,6H2,1-3H3. The van der Waals surface area contributed by atoms with Gasteiger partial charge in [0.05, 0.1) is 6.20 Å². The molecular weight excluding hydrogens is 140 g/mol. The first-order valence-corrected chi connectivity index (χ1v) is 3.83. The van der Waals surface area contributed by atoms with E-state index in [1.165, 1.54) is 0 Å². The topological polar surface area (TPSA) is 27.1 Å². The minimum atomic E-state index is 0.553. The zero-order valence-electron chi connectivity index (χ0n) is 7.24. The van der Waals surface area contributed by atoms with Crippen LogP contribution in [-0.4, -0.2) is 16.3 Å². The maximum Gasteiger partial charge on any atom is 0.141 e. The van der Waals surface area contributed by atoms with Crippen molar-refractivity contribution in [2.75, 3.05) is 6.61 Å². The summed E-state index contributed by atoms with van der Waals surface area (Å²) in [6.07, 6.45) is 3.55. The summed E-state index contributed by atoms with van der Waals surface area (Å²) in [5.41, 5.74) is 0. The lowest BCUT2D eigenvalue weighted by atomic mass is 10.2. The molecule has 0 fully saturated rings. The summed E-state index contributed by atoms with van der Waals surface area (Å²) in [6, 6.07) is 0. The quantitative estimate of drug-likeness (QED) is 0.655. The fourth-order valence-corrected chi connectivity index (χ4v) is 0.732. The maximum absolute atomic E-state index is 5.39. The minimum Gasteiger partial charge on any atom is -0.412 e. The van der Waals surface area contributed by atoms with Crippen molar-refractivity contribution < 1.29 is 4.84 Å². The summed E-state index contributed by atoms with van der Waals surface area (Å²) in [4.78, 5) is 9.42. The summed E-state index contributed by atoms with van der Waals surface area (Å²) < 4.78 is 1.69. The van der Waals surface area contributed by atoms with Crippen LogP contribution in [0.2, 0.25) is 0 Å². The minimum absolute atomic E-state index is 0.553. The highest BCUT2D eigenvalue weighted by Crippen LogP contribution is 1.94. The highest BCUT2D eigenvalue weighted by atomic mass is 16.7. The molecule has 3 nitrogen and oxygen atoms in total. The van der Waals surface area contributed by atoms with Gasteiger partial charge in [-0.15, -0.1) is 0 Å². The van der Waals surface area contributed by atoms with E-state index < -0.39 is 0 Å². The van der Waals surface area contributed by atoms with Gasteiger partial charge in [-0.3, -0.25) is 0 Å². The Bertz CT molecular complexity index is 218. The van der Waals surface area contributed by atoms with Crippen LogP contribution in [0.25, 0.3) is 0 Å². The lowest BCUT2D eigenvalue weighted by Crippen LogP contribution is -2.16. The fourth-order valence-electron chi connectivity index (χ4n) is 0.732. The molecule has 0 aliphatic rings. The van der Waals surface area contributed by atoms with Crippen LogP contribution in [0, 0.1) is 12.8 Å². The molecule has 0 aromatic carbocycles. The molecule has 62 valence electrons. The van der Waals surface area contributed by atoms with E-state index in [1.54, 1.807) is 10.9 Å². The van der Waals surface area contributed by atoms with Crippen LogP contribution >= 0.6 is 0 Å². The summed E-state index contributed by atoms with van der Waals surface area (Å²) in [5.74, 6) is 1.45. The van der Waals surface area contributed by atoms with Crippen molar-refractivity contribution in [1.29, 1.82) is 0 Å². The predicted molar refractivity (Wildman–Crippen MR) is 43.2 cm³/mol. The van der Waals surface area contributed by atoms with Gasteiger partial charge in [-0.1, -0.05) is 13.8 Å². The van der Waals surface area contributed by atoms with Crippen molar-refractivity contribution in [3.8, 4) is 0 Å². The number of hydrogen-bond acceptors (Lipinski definition) is 2. The van der Waals surface area contributed by atoms with Crippen LogP contribution in [-0.2, 0) is 0 Å². The van der Waals surface area contributed by atoms with Gasteiger partial charge in [-0.25, -0.2) is 4.98 Å². The Labute approximate surface area is 67.0 Å². The largest absolute Gasteiger partial charge is 0.412 e. The molecule has 11 heavy (non-hydrogen) atoms. The molecule has 0 atom stereocenters. The summed E-state index contributed by atoms with van der Waals surface area (Å²) >= 11 is 0. The average Bonchev–Trinajstić information content (AvgIpc) is 2.31. The molecule has 0 N–H and O–H groups in total. The van der Waals surface area contributed by atoms with Gasteiger partial charge in [0.25, 0.3) is 0 Å². The molecule has 0 bridgehead atoms. The van der Waals surface area contributed by atoms with E-state index in [-0.39, 0.29) is 0 Å². The molecule has 0 saturated carbocycles. The highest BCUT2D eigenvalue weighted by molar-refractivity contribution is 4.84. The van der Waals surface area contributed by atoms with Crippen molar-refractivity contribution in [3.05, 3.63) is 18.2 Å². The fraction of sp³-hybridized carbons (Fsp3) is 0.625. The van der Waals surface area contributed by atoms with E-state index in [2.05, 4.69) is 18.8 Å². The molecule has 1 heterocycles. The monoisotopic (exact) mass is 154 g/mol. The van der Waals surface area contributed by atoms with Crippen molar-refractivity contribution in [1.82, 2.24) is 9.71 Å². The molecule has 1 aromatic heterocycles. The molecule has 0 aliphatic heterocycles. The van der Waals surface area contributed by atoms with Gasteiger partial charge in [-0.05, 0) is 12.8 Å². The first kappa shape index (κ1) is 8.11. The Morgan fingerprint density at radius 2 is 2.36 bits per heavy atom. The van der Waals surface area contributed by atoms with E-state index in [9.17, 15) is 0 Å². The Hall–Kier alpha value is -0.990. The van der Waals surface area contributed by atoms with Crippen molar-refractivity contribution in [2.45, 2.75) is 20.8 Å². The second-order valence-electron chi connectivity index (χ2n) is 2.99. The second kappa shape index (κ2) is 3.42. The molecule has 0 amide bonds. The zero-order chi connectivity index (χ0) is 8.27. The highest BCUT2D eigenvalue weighted by Gasteiger charge is 1.97. The van der Waals surface area contributed by atoms with Gasteiger partial charge in [0, 0.05) is 6.20 Å². The molecule has 0 radical (unpaired) electrons. The van der Waals surface area contributed by atoms with Gasteiger partial charge < -0.3 is 4.84 Å². The number of rotatable bonds is 3. The first-order valence-electron chi connectivity index (χ1n) is 3.83. The van der Waals surface area contributed by atoms with Gasteiger partial charge in [0.2, 0.25) is 0 Å². The van der Waals surface area contributed by atoms with Gasteiger partial charge >= 0.3 is 0 Å². The summed E-state index contributed by atoms with van der Waals surface area (Å²) in [6.45, 7) is 6.88. The van der Waals surface area contributed by atoms with Crippen LogP contribution in [0.3, 0.4) is 0 Å². The molecule has 1 rings (SSSR count). The summed E-state index contributed by atoms with van der Waals surface area (Å²) in [5, 5.41) is 0. The summed E-state index contributed by atoms with van der Waals surface area (Å²) in [7, 11) is 0. The Kier molecular flexibility index (Phi) is 2.52. The number of aryl methyl sites for hydroxylation is 1. The number of aromatic nitrogens is 2. The van der Waals surface area contributed by atoms with Gasteiger partial charge in [-0.2, -0.15) is 4.73 Å². The number of nitrogens with zero attached hydrogens (tertiary/aromatic N) is 2. The normalized spacial score (nSPS) is 10.5. The SMILES string of the molecule is Cc1nccn1OCC(C)C. The third-order valence-electron chi connectivity index (χ3n) is 1.33. The van der Waals surface area contributed by atoms with Crippen LogP contribution < -0.4 is 4.84 Å². The Morgan fingerprint density at radius 1 is 1.64 bits per heavy atom. The second-order valence-corrected chi connectivity index (χ2v) is 2.99. The van der Waals surface area contributed by atoms with Crippen molar-refractivity contribution >= 4 is 0 Å². The van der Waals surface area contributed by atoms with E-state index in [4.69, 9.17) is 4.84 Å². The van der Waals surface area contributed by atoms with Crippen LogP contribution in [0.5, 0.6) is 0 Å². The third-order valence-corrected chi connectivity index (χ3v) is 1.33. The van der Waals surface area contributed by atoms with Crippen LogP contribution in [0.1, 0.15) is 19.7 Å². The third kappa shape index (κ3) is 2.26. The molecule has 0 saturated heterocycles. The lowest BCUT2D eigenvalue weighted by Gasteiger charge is -2.09. The van der Waals surface area contributed by atoms with E-state index in [0.29, 0.717) is 5.92 Å². The van der Waals surface area contributed by atoms with E-state index in [1.807, 2.05) is 13.1 Å². The molecule has 3 heteroatoms. The van der Waals surface area contributed by atoms with Crippen molar-refractivity contribution in [2.24, 2.45) is 5.92 Å². The first-order chi connectivity index (χ1) is 5.20. The number of imidazole rings is 1. The lowest BCUT2D eigenvalue weighted by molar-refractivity contribution is 0.0843. The molecular formula is C8H14N2O. The van der Waals surface area contributed by atoms with E-state index in [0.717, 1.165) is 12.4 Å². The van der Waals surface area contributed by atoms with Crippen molar-refractivity contribution in [3.63, 3.8) is 0 Å². The van der Waals surface area contributed by atoms with Crippen LogP contribution in [0.4, 0.5) is 0 Å².